The fourth-order valence-corrected chi connectivity index (χ4v) is 3.90. The maximum atomic E-state index is 12.5. The summed E-state index contributed by atoms with van der Waals surface area (Å²) in [6, 6.07) is 17.7. The van der Waals surface area contributed by atoms with Crippen LogP contribution in [0.5, 0.6) is 11.5 Å². The van der Waals surface area contributed by atoms with E-state index in [-0.39, 0.29) is 23.7 Å². The topological polar surface area (TPSA) is 67.9 Å². The Kier molecular flexibility index (Phi) is 9.60. The van der Waals surface area contributed by atoms with Gasteiger partial charge in [0.05, 0.1) is 12.5 Å². The van der Waals surface area contributed by atoms with E-state index in [1.165, 1.54) is 0 Å². The van der Waals surface area contributed by atoms with Crippen LogP contribution in [0.15, 0.2) is 54.6 Å². The smallest absolute Gasteiger partial charge is 0.225 e. The zero-order valence-corrected chi connectivity index (χ0v) is 19.8. The van der Waals surface area contributed by atoms with E-state index in [0.29, 0.717) is 26.3 Å². The monoisotopic (exact) mass is 452 g/mol. The highest BCUT2D eigenvalue weighted by molar-refractivity contribution is 5.82. The second-order valence-electron chi connectivity index (χ2n) is 8.87. The highest BCUT2D eigenvalue weighted by Gasteiger charge is 2.29. The molecule has 1 atom stereocenters. The van der Waals surface area contributed by atoms with Crippen LogP contribution in [0.4, 0.5) is 0 Å². The molecule has 33 heavy (non-hydrogen) atoms. The van der Waals surface area contributed by atoms with E-state index in [9.17, 15) is 9.59 Å². The fraction of sp³-hybridized carbons (Fsp3) is 0.481. The third kappa shape index (κ3) is 8.12. The van der Waals surface area contributed by atoms with Crippen LogP contribution in [0.2, 0.25) is 0 Å². The van der Waals surface area contributed by atoms with Gasteiger partial charge in [0.15, 0.2) is 0 Å². The van der Waals surface area contributed by atoms with Crippen molar-refractivity contribution in [2.75, 3.05) is 26.2 Å². The normalized spacial score (nSPS) is 15.8. The summed E-state index contributed by atoms with van der Waals surface area (Å²) in [4.78, 5) is 26.5. The summed E-state index contributed by atoms with van der Waals surface area (Å²) >= 11 is 0. The van der Waals surface area contributed by atoms with Gasteiger partial charge in [-0.05, 0) is 55.5 Å². The lowest BCUT2D eigenvalue weighted by molar-refractivity contribution is -0.138. The maximum absolute atomic E-state index is 12.5. The number of amides is 2. The van der Waals surface area contributed by atoms with Gasteiger partial charge in [0.25, 0.3) is 0 Å². The van der Waals surface area contributed by atoms with Crippen molar-refractivity contribution in [2.45, 2.75) is 46.1 Å². The van der Waals surface area contributed by atoms with Crippen LogP contribution in [-0.4, -0.2) is 43.0 Å². The van der Waals surface area contributed by atoms with E-state index in [1.54, 1.807) is 0 Å². The Balaban J connectivity index is 1.27. The average Bonchev–Trinajstić information content (AvgIpc) is 2.85. The Morgan fingerprint density at radius 2 is 1.70 bits per heavy atom. The van der Waals surface area contributed by atoms with Crippen molar-refractivity contribution in [3.63, 3.8) is 0 Å². The molecule has 2 aromatic rings. The van der Waals surface area contributed by atoms with Gasteiger partial charge in [-0.1, -0.05) is 44.2 Å². The van der Waals surface area contributed by atoms with Crippen molar-refractivity contribution in [3.8, 4) is 11.5 Å². The Morgan fingerprint density at radius 3 is 2.39 bits per heavy atom. The lowest BCUT2D eigenvalue weighted by atomic mass is 9.96. The number of carbonyl (C=O) groups excluding carboxylic acids is 2. The van der Waals surface area contributed by atoms with Crippen LogP contribution in [0, 0.1) is 11.8 Å². The van der Waals surface area contributed by atoms with Crippen molar-refractivity contribution in [1.29, 1.82) is 0 Å². The molecule has 1 aliphatic heterocycles. The van der Waals surface area contributed by atoms with Crippen molar-refractivity contribution < 1.29 is 19.1 Å². The van der Waals surface area contributed by atoms with Crippen molar-refractivity contribution in [1.82, 2.24) is 10.2 Å². The summed E-state index contributed by atoms with van der Waals surface area (Å²) < 4.78 is 11.6. The number of carbonyl (C=O) groups is 2. The van der Waals surface area contributed by atoms with E-state index in [2.05, 4.69) is 5.32 Å². The molecule has 0 radical (unpaired) electrons. The second-order valence-corrected chi connectivity index (χ2v) is 8.87. The number of nitrogens with zero attached hydrogens (tertiary/aromatic N) is 1. The molecule has 2 aromatic carbocycles. The molecule has 6 heteroatoms. The summed E-state index contributed by atoms with van der Waals surface area (Å²) in [5.74, 6) is 1.70. The van der Waals surface area contributed by atoms with Crippen LogP contribution < -0.4 is 14.8 Å². The number of benzene rings is 2. The number of likely N-dealkylation sites (tertiary alicyclic amines) is 1. The molecule has 1 fully saturated rings. The first kappa shape index (κ1) is 24.6. The molecule has 1 aliphatic rings. The molecule has 0 saturated carbocycles. The number of unbranched alkanes of at least 4 members (excludes halogenated alkanes) is 1. The standard InChI is InChI=1S/C27H36N2O4/c1-21(2)27(31)29-17-8-11-23(19-29)26(30)28-16-6-7-18-32-24-12-14-25(15-13-24)33-20-22-9-4-3-5-10-22/h3-5,9-10,12-15,21,23H,6-8,11,16-20H2,1-2H3,(H,28,30). The molecule has 0 bridgehead atoms. The number of rotatable bonds is 11. The van der Waals surface area contributed by atoms with Crippen LogP contribution in [0.1, 0.15) is 45.1 Å². The van der Waals surface area contributed by atoms with Gasteiger partial charge in [0.1, 0.15) is 18.1 Å². The van der Waals surface area contributed by atoms with Crippen LogP contribution in [0.25, 0.3) is 0 Å². The minimum absolute atomic E-state index is 0.0233. The van der Waals surface area contributed by atoms with E-state index in [0.717, 1.165) is 49.3 Å². The molecule has 2 amide bonds. The van der Waals surface area contributed by atoms with Crippen LogP contribution in [-0.2, 0) is 16.2 Å². The first-order valence-corrected chi connectivity index (χ1v) is 12.0. The lowest BCUT2D eigenvalue weighted by Crippen LogP contribution is -2.46. The Bertz CT molecular complexity index is 867. The van der Waals surface area contributed by atoms with E-state index < -0.39 is 0 Å². The number of ether oxygens (including phenoxy) is 2. The first-order valence-electron chi connectivity index (χ1n) is 12.0. The number of hydrogen-bond acceptors (Lipinski definition) is 4. The lowest BCUT2D eigenvalue weighted by Gasteiger charge is -2.33. The van der Waals surface area contributed by atoms with Gasteiger partial charge in [0, 0.05) is 25.6 Å². The fourth-order valence-electron chi connectivity index (χ4n) is 3.90. The quantitative estimate of drug-likeness (QED) is 0.512. The molecule has 0 aliphatic carbocycles. The zero-order valence-electron chi connectivity index (χ0n) is 19.8. The molecule has 3 rings (SSSR count). The van der Waals surface area contributed by atoms with Crippen molar-refractivity contribution in [3.05, 3.63) is 60.2 Å². The van der Waals surface area contributed by atoms with E-state index >= 15 is 0 Å². The van der Waals surface area contributed by atoms with Crippen LogP contribution in [0.3, 0.4) is 0 Å². The largest absolute Gasteiger partial charge is 0.494 e. The number of piperidine rings is 1. The minimum Gasteiger partial charge on any atom is -0.494 e. The van der Waals surface area contributed by atoms with Crippen LogP contribution >= 0.6 is 0 Å². The van der Waals surface area contributed by atoms with Gasteiger partial charge in [0.2, 0.25) is 11.8 Å². The third-order valence-electron chi connectivity index (χ3n) is 5.81. The molecule has 0 aromatic heterocycles. The molecule has 1 N–H and O–H groups in total. The highest BCUT2D eigenvalue weighted by atomic mass is 16.5. The third-order valence-corrected chi connectivity index (χ3v) is 5.81. The number of nitrogens with one attached hydrogen (secondary N) is 1. The van der Waals surface area contributed by atoms with E-state index in [1.807, 2.05) is 73.3 Å². The SMILES string of the molecule is CC(C)C(=O)N1CCCC(C(=O)NCCCCOc2ccc(OCc3ccccc3)cc2)C1. The molecule has 178 valence electrons. The Labute approximate surface area is 197 Å². The van der Waals surface area contributed by atoms with Gasteiger partial charge in [-0.3, -0.25) is 9.59 Å². The van der Waals surface area contributed by atoms with Gasteiger partial charge in [-0.2, -0.15) is 0 Å². The van der Waals surface area contributed by atoms with Gasteiger partial charge in [-0.25, -0.2) is 0 Å². The molecule has 1 heterocycles. The molecule has 1 unspecified atom stereocenters. The van der Waals surface area contributed by atoms with E-state index in [4.69, 9.17) is 9.47 Å². The summed E-state index contributed by atoms with van der Waals surface area (Å²) in [7, 11) is 0. The predicted molar refractivity (Wildman–Crippen MR) is 129 cm³/mol. The summed E-state index contributed by atoms with van der Waals surface area (Å²) in [5, 5.41) is 3.03. The van der Waals surface area contributed by atoms with Crippen molar-refractivity contribution >= 4 is 11.8 Å². The zero-order chi connectivity index (χ0) is 23.5. The maximum Gasteiger partial charge on any atom is 0.225 e. The van der Waals surface area contributed by atoms with Crippen molar-refractivity contribution in [2.24, 2.45) is 11.8 Å². The Hall–Kier alpha value is -3.02. The molecule has 6 nitrogen and oxygen atoms in total. The molecule has 1 saturated heterocycles. The molecular weight excluding hydrogens is 416 g/mol. The molecular formula is C27H36N2O4. The van der Waals surface area contributed by atoms with Gasteiger partial charge >= 0.3 is 0 Å². The highest BCUT2D eigenvalue weighted by Crippen LogP contribution is 2.20. The molecule has 0 spiro atoms. The average molecular weight is 453 g/mol. The first-order chi connectivity index (χ1) is 16.0. The summed E-state index contributed by atoms with van der Waals surface area (Å²) in [5.41, 5.74) is 1.13. The van der Waals surface area contributed by atoms with Gasteiger partial charge in [-0.15, -0.1) is 0 Å². The summed E-state index contributed by atoms with van der Waals surface area (Å²) in [6.45, 7) is 6.88. The summed E-state index contributed by atoms with van der Waals surface area (Å²) in [6.07, 6.45) is 3.45. The number of hydrogen-bond donors (Lipinski definition) is 1. The minimum atomic E-state index is -0.0969. The van der Waals surface area contributed by atoms with Gasteiger partial charge < -0.3 is 19.7 Å². The second kappa shape index (κ2) is 12.9. The predicted octanol–water partition coefficient (Wildman–Crippen LogP) is 4.44. The Morgan fingerprint density at radius 1 is 1.00 bits per heavy atom.